The molecule has 2 nitrogen and oxygen atoms in total. The van der Waals surface area contributed by atoms with Crippen molar-refractivity contribution in [3.8, 4) is 0 Å². The van der Waals surface area contributed by atoms with Gasteiger partial charge in [-0.05, 0) is 10.9 Å². The van der Waals surface area contributed by atoms with Crippen LogP contribution in [0.15, 0.2) is 35.5 Å². The number of halogens is 7. The molecule has 130 valence electrons. The Morgan fingerprint density at radius 1 is 0.840 bits per heavy atom. The van der Waals surface area contributed by atoms with Crippen molar-refractivity contribution in [3.63, 3.8) is 0 Å². The van der Waals surface area contributed by atoms with Crippen LogP contribution in [-0.4, -0.2) is 6.21 Å². The van der Waals surface area contributed by atoms with Gasteiger partial charge < -0.3 is 4.98 Å². The second-order valence-electron chi connectivity index (χ2n) is 4.48. The molecule has 0 fully saturated rings. The van der Waals surface area contributed by atoms with Gasteiger partial charge >= 0.3 is 37.9 Å². The van der Waals surface area contributed by atoms with Crippen molar-refractivity contribution >= 4 is 97.8 Å². The summed E-state index contributed by atoms with van der Waals surface area (Å²) in [7, 11) is 9.87. The summed E-state index contributed by atoms with van der Waals surface area (Å²) < 4.78 is 0. The molecule has 3 rings (SSSR count). The van der Waals surface area contributed by atoms with Crippen LogP contribution in [0.2, 0.25) is 25.1 Å². The van der Waals surface area contributed by atoms with Crippen molar-refractivity contribution in [2.45, 2.75) is 0 Å². The van der Waals surface area contributed by atoms with Crippen LogP contribution in [-0.2, 0) is 20.8 Å². The molecule has 0 aliphatic heterocycles. The molecule has 0 atom stereocenters. The summed E-state index contributed by atoms with van der Waals surface area (Å²) >= 11 is 29.5. The predicted molar refractivity (Wildman–Crippen MR) is 108 cm³/mol. The molecule has 2 aromatic carbocycles. The van der Waals surface area contributed by atoms with Crippen molar-refractivity contribution in [3.05, 3.63) is 61.1 Å². The standard InChI is InChI=1S/C15H6Cl5N2.2ClH.Zr/c16-9-10(17)12(19)15(13(20)11(9)18)22-6-8-3-1-2-7-4-5-21-14(7)8;;;/h1-6H;2*1H;/q-1;;;+2/p-2. The SMILES string of the molecule is Clc1c(Cl)c(Cl)c(N=Cc2cccc3cc[n-]c23)c(Cl)c1Cl.[Cl][Zr][Cl]. The van der Waals surface area contributed by atoms with E-state index in [9.17, 15) is 0 Å². The van der Waals surface area contributed by atoms with Gasteiger partial charge in [0.1, 0.15) is 5.69 Å². The zero-order valence-corrected chi connectivity index (χ0v) is 19.8. The van der Waals surface area contributed by atoms with Gasteiger partial charge in [0.15, 0.2) is 0 Å². The Kier molecular flexibility index (Phi) is 8.92. The molecule has 0 aliphatic rings. The number of rotatable bonds is 2. The zero-order valence-electron chi connectivity index (χ0n) is 12.0. The van der Waals surface area contributed by atoms with Gasteiger partial charge in [-0.2, -0.15) is 6.20 Å². The predicted octanol–water partition coefficient (Wildman–Crippen LogP) is 8.19. The molecule has 0 unspecified atom stereocenters. The van der Waals surface area contributed by atoms with Gasteiger partial charge in [0, 0.05) is 6.21 Å². The summed E-state index contributed by atoms with van der Waals surface area (Å²) in [4.78, 5) is 8.61. The molecule has 10 heteroatoms. The Morgan fingerprint density at radius 2 is 1.40 bits per heavy atom. The van der Waals surface area contributed by atoms with Crippen LogP contribution < -0.4 is 4.98 Å². The Bertz CT molecular complexity index is 895. The molecule has 0 amide bonds. The molecular weight excluding hydrogens is 548 g/mol. The van der Waals surface area contributed by atoms with Gasteiger partial charge in [-0.3, -0.25) is 4.99 Å². The van der Waals surface area contributed by atoms with Crippen LogP contribution in [0.4, 0.5) is 5.69 Å². The van der Waals surface area contributed by atoms with E-state index >= 15 is 0 Å². The molecule has 0 bridgehead atoms. The van der Waals surface area contributed by atoms with Crippen molar-refractivity contribution in [2.24, 2.45) is 4.99 Å². The van der Waals surface area contributed by atoms with E-state index in [1.807, 2.05) is 24.3 Å². The number of aliphatic imine (C=N–C) groups is 1. The van der Waals surface area contributed by atoms with Gasteiger partial charge in [0.05, 0.1) is 25.1 Å². The zero-order chi connectivity index (χ0) is 18.6. The molecule has 25 heavy (non-hydrogen) atoms. The van der Waals surface area contributed by atoms with Gasteiger partial charge in [0.25, 0.3) is 0 Å². The minimum absolute atomic E-state index is 0.108. The molecule has 0 N–H and O–H groups in total. The Balaban J connectivity index is 0.000000701. The first kappa shape index (κ1) is 21.9. The first-order valence-corrected chi connectivity index (χ1v) is 14.7. The number of nitrogens with zero attached hydrogens (tertiary/aromatic N) is 2. The normalized spacial score (nSPS) is 10.8. The molecule has 0 spiro atoms. The van der Waals surface area contributed by atoms with Crippen LogP contribution in [0, 0.1) is 0 Å². The molecular formula is C15H6Cl7N2Zr-. The first-order valence-electron chi connectivity index (χ1n) is 6.44. The van der Waals surface area contributed by atoms with E-state index in [0.717, 1.165) is 16.5 Å². The van der Waals surface area contributed by atoms with Gasteiger partial charge in [-0.25, -0.2) is 0 Å². The fourth-order valence-electron chi connectivity index (χ4n) is 2.00. The minimum atomic E-state index is -0.826. The van der Waals surface area contributed by atoms with Crippen molar-refractivity contribution in [2.75, 3.05) is 0 Å². The second-order valence-corrected chi connectivity index (χ2v) is 10.1. The third-order valence-corrected chi connectivity index (χ3v) is 5.33. The fourth-order valence-corrected chi connectivity index (χ4v) is 3.23. The Labute approximate surface area is 188 Å². The number of para-hydroxylation sites is 1. The summed E-state index contributed by atoms with van der Waals surface area (Å²) in [6.07, 6.45) is 3.35. The number of aromatic nitrogens is 1. The van der Waals surface area contributed by atoms with Gasteiger partial charge in [-0.15, -0.1) is 5.52 Å². The van der Waals surface area contributed by atoms with Crippen molar-refractivity contribution in [1.82, 2.24) is 4.98 Å². The van der Waals surface area contributed by atoms with Crippen LogP contribution >= 0.6 is 75.0 Å². The summed E-state index contributed by atoms with van der Waals surface area (Å²) in [5.41, 5.74) is 1.94. The fraction of sp³-hybridized carbons (Fsp3) is 0. The van der Waals surface area contributed by atoms with Crippen LogP contribution in [0.25, 0.3) is 10.9 Å². The van der Waals surface area contributed by atoms with E-state index < -0.39 is 20.8 Å². The summed E-state index contributed by atoms with van der Waals surface area (Å²) in [6, 6.07) is 7.69. The first-order chi connectivity index (χ1) is 11.9. The summed E-state index contributed by atoms with van der Waals surface area (Å²) in [5, 5.41) is 1.68. The van der Waals surface area contributed by atoms with E-state index in [1.165, 1.54) is 0 Å². The topological polar surface area (TPSA) is 26.5 Å². The maximum absolute atomic E-state index is 6.15. The second kappa shape index (κ2) is 10.2. The quantitative estimate of drug-likeness (QED) is 0.179. The van der Waals surface area contributed by atoms with Gasteiger partial charge in [0.2, 0.25) is 0 Å². The number of hydrogen-bond acceptors (Lipinski definition) is 1. The molecule has 0 saturated carbocycles. The average Bonchev–Trinajstić information content (AvgIpc) is 3.08. The van der Waals surface area contributed by atoms with E-state index in [-0.39, 0.29) is 30.8 Å². The molecule has 3 aromatic rings. The Hall–Kier alpha value is 0.563. The number of hydrogen-bond donors (Lipinski definition) is 0. The third-order valence-electron chi connectivity index (χ3n) is 3.08. The maximum atomic E-state index is 6.15. The van der Waals surface area contributed by atoms with E-state index in [0.29, 0.717) is 0 Å². The van der Waals surface area contributed by atoms with E-state index in [2.05, 4.69) is 9.98 Å². The third kappa shape index (κ3) is 5.09. The van der Waals surface area contributed by atoms with Crippen molar-refractivity contribution < 1.29 is 20.8 Å². The summed E-state index contributed by atoms with van der Waals surface area (Å²) in [6.45, 7) is 0. The summed E-state index contributed by atoms with van der Waals surface area (Å²) in [5.74, 6) is 0. The van der Waals surface area contributed by atoms with Crippen LogP contribution in [0.1, 0.15) is 5.56 Å². The monoisotopic (exact) mass is 549 g/mol. The van der Waals surface area contributed by atoms with Crippen LogP contribution in [0.3, 0.4) is 0 Å². The molecule has 0 saturated heterocycles. The van der Waals surface area contributed by atoms with Crippen LogP contribution in [0.5, 0.6) is 0 Å². The van der Waals surface area contributed by atoms with Gasteiger partial charge in [-0.1, -0.05) is 82.3 Å². The number of benzene rings is 2. The average molecular weight is 554 g/mol. The van der Waals surface area contributed by atoms with E-state index in [4.69, 9.17) is 75.0 Å². The molecule has 0 radical (unpaired) electrons. The molecule has 1 heterocycles. The molecule has 1 aromatic heterocycles. The van der Waals surface area contributed by atoms with E-state index in [1.54, 1.807) is 12.4 Å². The molecule has 0 aliphatic carbocycles. The number of fused-ring (bicyclic) bond motifs is 1. The Morgan fingerprint density at radius 3 is 2.00 bits per heavy atom. The van der Waals surface area contributed by atoms with Crippen molar-refractivity contribution in [1.29, 1.82) is 0 Å².